The molecule has 2 heterocycles. The van der Waals surface area contributed by atoms with E-state index >= 15 is 0 Å². The lowest BCUT2D eigenvalue weighted by Gasteiger charge is -2.00. The molecule has 2 aromatic heterocycles. The Bertz CT molecular complexity index is 485. The van der Waals surface area contributed by atoms with Crippen LogP contribution in [0.25, 0.3) is 11.5 Å². The van der Waals surface area contributed by atoms with Gasteiger partial charge in [0.1, 0.15) is 0 Å². The van der Waals surface area contributed by atoms with Crippen LogP contribution in [0.5, 0.6) is 0 Å². The fourth-order valence-corrected chi connectivity index (χ4v) is 1.57. The van der Waals surface area contributed by atoms with Crippen LogP contribution in [0.15, 0.2) is 27.3 Å². The maximum Gasteiger partial charge on any atom is 0.249 e. The second-order valence-corrected chi connectivity index (χ2v) is 4.27. The summed E-state index contributed by atoms with van der Waals surface area (Å²) >= 11 is 3.33. The minimum absolute atomic E-state index is 0.207. The highest BCUT2D eigenvalue weighted by Crippen LogP contribution is 2.22. The van der Waals surface area contributed by atoms with Gasteiger partial charge in [0.25, 0.3) is 0 Å². The van der Waals surface area contributed by atoms with Crippen molar-refractivity contribution in [2.24, 2.45) is 5.73 Å². The highest BCUT2D eigenvalue weighted by Gasteiger charge is 2.13. The van der Waals surface area contributed by atoms with Crippen molar-refractivity contribution in [2.75, 3.05) is 0 Å². The third kappa shape index (κ3) is 2.28. The van der Waals surface area contributed by atoms with Crippen molar-refractivity contribution in [1.29, 1.82) is 0 Å². The van der Waals surface area contributed by atoms with Crippen LogP contribution in [0.4, 0.5) is 0 Å². The van der Waals surface area contributed by atoms with Crippen molar-refractivity contribution in [3.05, 3.63) is 28.8 Å². The van der Waals surface area contributed by atoms with Crippen LogP contribution in [-0.4, -0.2) is 15.2 Å². The third-order valence-electron chi connectivity index (χ3n) is 2.15. The second kappa shape index (κ2) is 4.71. The first-order valence-corrected chi connectivity index (χ1v) is 5.70. The minimum atomic E-state index is -0.207. The van der Waals surface area contributed by atoms with E-state index in [9.17, 15) is 0 Å². The molecule has 84 valence electrons. The van der Waals surface area contributed by atoms with E-state index in [1.165, 1.54) is 0 Å². The first-order valence-electron chi connectivity index (χ1n) is 4.90. The van der Waals surface area contributed by atoms with Gasteiger partial charge < -0.3 is 10.2 Å². The molecule has 0 amide bonds. The Kier molecular flexibility index (Phi) is 3.31. The molecule has 0 fully saturated rings. The van der Waals surface area contributed by atoms with Gasteiger partial charge in [-0.15, -0.1) is 10.2 Å². The molecule has 2 rings (SSSR count). The zero-order valence-electron chi connectivity index (χ0n) is 8.72. The van der Waals surface area contributed by atoms with E-state index in [0.29, 0.717) is 11.8 Å². The molecular weight excluding hydrogens is 272 g/mol. The van der Waals surface area contributed by atoms with E-state index < -0.39 is 0 Å². The summed E-state index contributed by atoms with van der Waals surface area (Å²) in [6, 6.07) is 1.66. The lowest BCUT2D eigenvalue weighted by atomic mass is 10.2. The van der Waals surface area contributed by atoms with Crippen molar-refractivity contribution in [2.45, 2.75) is 19.4 Å². The number of halogens is 1. The van der Waals surface area contributed by atoms with Crippen LogP contribution >= 0.6 is 15.9 Å². The fraction of sp³-hybridized carbons (Fsp3) is 0.300. The van der Waals surface area contributed by atoms with Gasteiger partial charge in [0.05, 0.1) is 11.6 Å². The summed E-state index contributed by atoms with van der Waals surface area (Å²) < 4.78 is 6.33. The topological polar surface area (TPSA) is 77.8 Å². The van der Waals surface area contributed by atoms with Crippen molar-refractivity contribution in [3.8, 4) is 11.5 Å². The van der Waals surface area contributed by atoms with E-state index in [1.54, 1.807) is 12.4 Å². The average Bonchev–Trinajstić information content (AvgIpc) is 2.77. The molecule has 0 spiro atoms. The van der Waals surface area contributed by atoms with E-state index in [4.69, 9.17) is 10.2 Å². The molecule has 5 nitrogen and oxygen atoms in total. The molecule has 2 aromatic rings. The molecule has 1 atom stereocenters. The quantitative estimate of drug-likeness (QED) is 0.935. The molecule has 16 heavy (non-hydrogen) atoms. The van der Waals surface area contributed by atoms with Crippen molar-refractivity contribution in [3.63, 3.8) is 0 Å². The summed E-state index contributed by atoms with van der Waals surface area (Å²) in [5, 5.41) is 7.85. The van der Waals surface area contributed by atoms with Crippen LogP contribution < -0.4 is 5.73 Å². The van der Waals surface area contributed by atoms with Gasteiger partial charge in [-0.1, -0.05) is 6.92 Å². The maximum absolute atomic E-state index is 5.79. The number of nitrogens with two attached hydrogens (primary N) is 1. The van der Waals surface area contributed by atoms with E-state index in [0.717, 1.165) is 16.5 Å². The number of aromatic nitrogens is 3. The van der Waals surface area contributed by atoms with Gasteiger partial charge in [0, 0.05) is 16.9 Å². The van der Waals surface area contributed by atoms with Gasteiger partial charge in [-0.25, -0.2) is 0 Å². The summed E-state index contributed by atoms with van der Waals surface area (Å²) in [7, 11) is 0. The smallest absolute Gasteiger partial charge is 0.249 e. The van der Waals surface area contributed by atoms with Crippen LogP contribution in [-0.2, 0) is 0 Å². The average molecular weight is 283 g/mol. The number of hydrogen-bond acceptors (Lipinski definition) is 5. The summed E-state index contributed by atoms with van der Waals surface area (Å²) in [4.78, 5) is 4.03. The monoisotopic (exact) mass is 282 g/mol. The Hall–Kier alpha value is -1.27. The normalized spacial score (nSPS) is 12.7. The first-order chi connectivity index (χ1) is 7.70. The Balaban J connectivity index is 2.31. The largest absolute Gasteiger partial charge is 0.419 e. The zero-order valence-corrected chi connectivity index (χ0v) is 10.3. The van der Waals surface area contributed by atoms with Gasteiger partial charge in [0.15, 0.2) is 0 Å². The minimum Gasteiger partial charge on any atom is -0.419 e. The van der Waals surface area contributed by atoms with E-state index in [2.05, 4.69) is 31.1 Å². The van der Waals surface area contributed by atoms with Crippen LogP contribution in [0.3, 0.4) is 0 Å². The van der Waals surface area contributed by atoms with Crippen LogP contribution in [0.2, 0.25) is 0 Å². The summed E-state index contributed by atoms with van der Waals surface area (Å²) in [6.07, 6.45) is 4.12. The van der Waals surface area contributed by atoms with Gasteiger partial charge in [-0.3, -0.25) is 4.98 Å². The molecule has 2 N–H and O–H groups in total. The third-order valence-corrected chi connectivity index (χ3v) is 2.58. The van der Waals surface area contributed by atoms with Gasteiger partial charge in [0.2, 0.25) is 11.8 Å². The standard InChI is InChI=1S/C10H11BrN4O/c1-2-8(12)10-15-14-9(16-10)6-3-7(11)5-13-4-6/h3-5,8H,2,12H2,1H3. The van der Waals surface area contributed by atoms with Crippen molar-refractivity contribution >= 4 is 15.9 Å². The summed E-state index contributed by atoms with van der Waals surface area (Å²) in [5.74, 6) is 0.894. The lowest BCUT2D eigenvalue weighted by molar-refractivity contribution is 0.452. The number of rotatable bonds is 3. The second-order valence-electron chi connectivity index (χ2n) is 3.35. The maximum atomic E-state index is 5.79. The molecule has 0 radical (unpaired) electrons. The van der Waals surface area contributed by atoms with Crippen LogP contribution in [0, 0.1) is 0 Å². The van der Waals surface area contributed by atoms with Gasteiger partial charge in [-0.2, -0.15) is 0 Å². The number of pyridine rings is 1. The van der Waals surface area contributed by atoms with Crippen LogP contribution in [0.1, 0.15) is 25.3 Å². The Morgan fingerprint density at radius 1 is 1.44 bits per heavy atom. The highest BCUT2D eigenvalue weighted by atomic mass is 79.9. The molecule has 0 aliphatic carbocycles. The number of nitrogens with zero attached hydrogens (tertiary/aromatic N) is 3. The molecule has 0 aromatic carbocycles. The molecule has 0 saturated carbocycles. The van der Waals surface area contributed by atoms with Crippen molar-refractivity contribution in [1.82, 2.24) is 15.2 Å². The predicted molar refractivity (Wildman–Crippen MR) is 62.4 cm³/mol. The molecule has 0 bridgehead atoms. The molecule has 0 saturated heterocycles. The fourth-order valence-electron chi connectivity index (χ4n) is 1.20. The van der Waals surface area contributed by atoms with E-state index in [-0.39, 0.29) is 6.04 Å². The Morgan fingerprint density at radius 3 is 2.94 bits per heavy atom. The predicted octanol–water partition coefficient (Wildman–Crippen LogP) is 2.30. The Labute approximate surface area is 101 Å². The first kappa shape index (κ1) is 11.2. The highest BCUT2D eigenvalue weighted by molar-refractivity contribution is 9.10. The van der Waals surface area contributed by atoms with E-state index in [1.807, 2.05) is 13.0 Å². The molecule has 0 aliphatic heterocycles. The summed E-state index contributed by atoms with van der Waals surface area (Å²) in [5.41, 5.74) is 6.57. The molecule has 0 aliphatic rings. The van der Waals surface area contributed by atoms with Gasteiger partial charge in [-0.05, 0) is 28.4 Å². The number of hydrogen-bond donors (Lipinski definition) is 1. The zero-order chi connectivity index (χ0) is 11.5. The molecular formula is C10H11BrN4O. The lowest BCUT2D eigenvalue weighted by Crippen LogP contribution is -2.08. The SMILES string of the molecule is CCC(N)c1nnc(-c2cncc(Br)c2)o1. The molecule has 1 unspecified atom stereocenters. The van der Waals surface area contributed by atoms with Crippen molar-refractivity contribution < 1.29 is 4.42 Å². The Morgan fingerprint density at radius 2 is 2.25 bits per heavy atom. The van der Waals surface area contributed by atoms with Gasteiger partial charge >= 0.3 is 0 Å². The molecule has 6 heteroatoms. The summed E-state index contributed by atoms with van der Waals surface area (Å²) in [6.45, 7) is 1.97.